The van der Waals surface area contributed by atoms with E-state index >= 15 is 0 Å². The van der Waals surface area contributed by atoms with E-state index in [1.807, 2.05) is 5.32 Å². The van der Waals surface area contributed by atoms with E-state index in [4.69, 9.17) is 26.2 Å². The Morgan fingerprint density at radius 2 is 1.16 bits per heavy atom. The fourth-order valence-corrected chi connectivity index (χ4v) is 2.37. The molecule has 0 radical (unpaired) electrons. The predicted molar refractivity (Wildman–Crippen MR) is 102 cm³/mol. The number of carboxylic acid groups (broad SMARTS) is 3. The molecule has 14 nitrogen and oxygen atoms in total. The second-order valence-corrected chi connectivity index (χ2v) is 7.14. The Morgan fingerprint density at radius 1 is 0.742 bits per heavy atom. The van der Waals surface area contributed by atoms with Crippen LogP contribution >= 0.6 is 0 Å². The van der Waals surface area contributed by atoms with Crippen LogP contribution in [0.25, 0.3) is 0 Å². The van der Waals surface area contributed by atoms with Gasteiger partial charge in [0, 0.05) is 0 Å². The lowest BCUT2D eigenvalue weighted by atomic mass is 10.0. The molecule has 0 bridgehead atoms. The van der Waals surface area contributed by atoms with E-state index in [0.717, 1.165) is 0 Å². The lowest BCUT2D eigenvalue weighted by Gasteiger charge is -2.25. The number of nitrogens with one attached hydrogen (secondary N) is 3. The molecule has 3 amide bonds. The van der Waals surface area contributed by atoms with Gasteiger partial charge in [0.25, 0.3) is 0 Å². The van der Waals surface area contributed by atoms with Gasteiger partial charge in [-0.3, -0.25) is 24.0 Å². The second-order valence-electron chi connectivity index (χ2n) is 7.14. The van der Waals surface area contributed by atoms with Crippen molar-refractivity contribution in [1.29, 1.82) is 0 Å². The van der Waals surface area contributed by atoms with Crippen molar-refractivity contribution >= 4 is 35.6 Å². The summed E-state index contributed by atoms with van der Waals surface area (Å²) in [5.41, 5.74) is 5.33. The number of carboxylic acids is 3. The molecule has 0 aromatic heterocycles. The Bertz CT molecular complexity index is 696. The zero-order valence-electron chi connectivity index (χ0n) is 17.0. The molecule has 0 aromatic carbocycles. The molecular weight excluding hydrogens is 420 g/mol. The molecule has 0 spiro atoms. The van der Waals surface area contributed by atoms with E-state index in [0.29, 0.717) is 0 Å². The van der Waals surface area contributed by atoms with Gasteiger partial charge in [0.1, 0.15) is 24.2 Å². The number of amides is 3. The fourth-order valence-electron chi connectivity index (χ4n) is 2.37. The molecule has 0 heterocycles. The monoisotopic (exact) mass is 448 g/mol. The van der Waals surface area contributed by atoms with Gasteiger partial charge in [-0.25, -0.2) is 4.79 Å². The van der Waals surface area contributed by atoms with Crippen LogP contribution in [0.4, 0.5) is 0 Å². The number of aliphatic carboxylic acids is 3. The zero-order chi connectivity index (χ0) is 24.3. The molecule has 0 rings (SSSR count). The Hall–Kier alpha value is -3.26. The molecule has 0 saturated carbocycles. The molecule has 0 saturated heterocycles. The van der Waals surface area contributed by atoms with Crippen molar-refractivity contribution in [2.75, 3.05) is 6.61 Å². The summed E-state index contributed by atoms with van der Waals surface area (Å²) in [6.07, 6.45) is -1.76. The minimum atomic E-state index is -1.76. The van der Waals surface area contributed by atoms with Crippen molar-refractivity contribution < 1.29 is 49.2 Å². The van der Waals surface area contributed by atoms with E-state index in [1.165, 1.54) is 0 Å². The van der Waals surface area contributed by atoms with E-state index in [9.17, 15) is 28.8 Å². The zero-order valence-corrected chi connectivity index (χ0v) is 17.0. The Morgan fingerprint density at radius 3 is 1.58 bits per heavy atom. The lowest BCUT2D eigenvalue weighted by molar-refractivity contribution is -0.147. The predicted octanol–water partition coefficient (Wildman–Crippen LogP) is -3.16. The first-order valence-electron chi connectivity index (χ1n) is 9.22. The molecule has 14 heteroatoms. The van der Waals surface area contributed by atoms with Gasteiger partial charge < -0.3 is 42.1 Å². The number of nitrogens with two attached hydrogens (primary N) is 1. The van der Waals surface area contributed by atoms with Gasteiger partial charge >= 0.3 is 17.9 Å². The van der Waals surface area contributed by atoms with E-state index in [1.54, 1.807) is 13.8 Å². The van der Waals surface area contributed by atoms with Crippen molar-refractivity contribution in [3.63, 3.8) is 0 Å². The van der Waals surface area contributed by atoms with Crippen molar-refractivity contribution in [1.82, 2.24) is 16.0 Å². The molecular formula is C17H28N4O10. The van der Waals surface area contributed by atoms with Gasteiger partial charge in [-0.15, -0.1) is 0 Å². The number of carbonyl (C=O) groups is 6. The number of aliphatic hydroxyl groups is 1. The molecule has 176 valence electrons. The molecule has 9 N–H and O–H groups in total. The molecule has 0 aliphatic rings. The van der Waals surface area contributed by atoms with Crippen LogP contribution in [0.3, 0.4) is 0 Å². The Balaban J connectivity index is 5.51. The highest BCUT2D eigenvalue weighted by Gasteiger charge is 2.32. The largest absolute Gasteiger partial charge is 0.481 e. The summed E-state index contributed by atoms with van der Waals surface area (Å²) in [7, 11) is 0. The minimum Gasteiger partial charge on any atom is -0.481 e. The smallest absolute Gasteiger partial charge is 0.326 e. The highest BCUT2D eigenvalue weighted by molar-refractivity contribution is 5.96. The average Bonchev–Trinajstić information content (AvgIpc) is 2.64. The second kappa shape index (κ2) is 13.1. The van der Waals surface area contributed by atoms with Crippen molar-refractivity contribution in [3.05, 3.63) is 0 Å². The van der Waals surface area contributed by atoms with Gasteiger partial charge in [-0.05, 0) is 12.3 Å². The maximum absolute atomic E-state index is 12.5. The normalized spacial score (nSPS) is 14.6. The number of aliphatic hydroxyl groups excluding tert-OH is 1. The third-order valence-corrected chi connectivity index (χ3v) is 3.88. The van der Waals surface area contributed by atoms with Gasteiger partial charge in [-0.2, -0.15) is 0 Å². The van der Waals surface area contributed by atoms with E-state index in [-0.39, 0.29) is 12.3 Å². The summed E-state index contributed by atoms with van der Waals surface area (Å²) in [4.78, 5) is 69.9. The van der Waals surface area contributed by atoms with Crippen LogP contribution in [0.15, 0.2) is 0 Å². The average molecular weight is 448 g/mol. The molecule has 0 fully saturated rings. The third-order valence-electron chi connectivity index (χ3n) is 3.88. The van der Waals surface area contributed by atoms with Crippen LogP contribution < -0.4 is 21.7 Å². The number of rotatable bonds is 14. The summed E-state index contributed by atoms with van der Waals surface area (Å²) in [6, 6.07) is -6.15. The first kappa shape index (κ1) is 27.7. The van der Waals surface area contributed by atoms with Crippen molar-refractivity contribution in [2.45, 2.75) is 57.3 Å². The standard InChI is InChI=1S/C17H28N4O10/c1-7(2)3-9(15(28)21-11(17(30)31)5-13(25)26)20-16(29)10(4-12(23)24)19-14(27)8(18)6-22/h7-11,22H,3-6,18H2,1-2H3,(H,19,27)(H,20,29)(H,21,28)(H,23,24)(H,25,26)(H,30,31)/t8-,9-,10-,11-/m0/s1. The van der Waals surface area contributed by atoms with Crippen molar-refractivity contribution in [2.24, 2.45) is 11.7 Å². The third kappa shape index (κ3) is 10.9. The Kier molecular flexibility index (Phi) is 11.7. The van der Waals surface area contributed by atoms with Gasteiger partial charge in [-0.1, -0.05) is 13.8 Å². The topological polar surface area (TPSA) is 245 Å². The van der Waals surface area contributed by atoms with E-state index < -0.39 is 79.2 Å². The van der Waals surface area contributed by atoms with Crippen LogP contribution in [0, 0.1) is 5.92 Å². The van der Waals surface area contributed by atoms with Crippen LogP contribution in [-0.4, -0.2) is 86.8 Å². The van der Waals surface area contributed by atoms with Crippen LogP contribution in [0.5, 0.6) is 0 Å². The fraction of sp³-hybridized carbons (Fsp3) is 0.647. The number of hydrogen-bond donors (Lipinski definition) is 8. The first-order valence-corrected chi connectivity index (χ1v) is 9.22. The number of carbonyl (C=O) groups excluding carboxylic acids is 3. The molecule has 31 heavy (non-hydrogen) atoms. The van der Waals surface area contributed by atoms with E-state index in [2.05, 4.69) is 10.6 Å². The molecule has 0 aromatic rings. The van der Waals surface area contributed by atoms with Gasteiger partial charge in [0.2, 0.25) is 17.7 Å². The summed E-state index contributed by atoms with van der Waals surface area (Å²) in [5.74, 6) is -7.76. The highest BCUT2D eigenvalue weighted by atomic mass is 16.4. The first-order chi connectivity index (χ1) is 14.3. The highest BCUT2D eigenvalue weighted by Crippen LogP contribution is 2.07. The van der Waals surface area contributed by atoms with Gasteiger partial charge in [0.15, 0.2) is 0 Å². The van der Waals surface area contributed by atoms with Crippen molar-refractivity contribution in [3.8, 4) is 0 Å². The van der Waals surface area contributed by atoms with Crippen LogP contribution in [0.1, 0.15) is 33.1 Å². The molecule has 0 unspecified atom stereocenters. The van der Waals surface area contributed by atoms with Crippen LogP contribution in [0.2, 0.25) is 0 Å². The maximum atomic E-state index is 12.5. The maximum Gasteiger partial charge on any atom is 0.326 e. The number of hydrogen-bond acceptors (Lipinski definition) is 8. The SMILES string of the molecule is CC(C)C[C@H](NC(=O)[C@H](CC(=O)O)NC(=O)[C@@H](N)CO)C(=O)N[C@@H](CC(=O)O)C(=O)O. The molecule has 4 atom stereocenters. The minimum absolute atomic E-state index is 0.000869. The quantitative estimate of drug-likeness (QED) is 0.132. The summed E-state index contributed by atoms with van der Waals surface area (Å²) >= 11 is 0. The summed E-state index contributed by atoms with van der Waals surface area (Å²) in [6.45, 7) is 2.62. The van der Waals surface area contributed by atoms with Crippen LogP contribution in [-0.2, 0) is 28.8 Å². The van der Waals surface area contributed by atoms with Gasteiger partial charge in [0.05, 0.1) is 19.4 Å². The summed E-state index contributed by atoms with van der Waals surface area (Å²) in [5, 5.41) is 42.0. The molecule has 0 aliphatic carbocycles. The Labute approximate surface area is 177 Å². The lowest BCUT2D eigenvalue weighted by Crippen LogP contribution is -2.58. The summed E-state index contributed by atoms with van der Waals surface area (Å²) < 4.78 is 0. The molecule has 0 aliphatic heterocycles.